The average molecular weight is 347 g/mol. The van der Waals surface area contributed by atoms with Gasteiger partial charge in [0.2, 0.25) is 0 Å². The molecule has 0 spiro atoms. The van der Waals surface area contributed by atoms with Gasteiger partial charge in [-0.3, -0.25) is 9.69 Å². The lowest BCUT2D eigenvalue weighted by Crippen LogP contribution is -2.33. The highest BCUT2D eigenvalue weighted by atomic mass is 32.1. The Balaban J connectivity index is 1.94. The lowest BCUT2D eigenvalue weighted by atomic mass is 10.3. The van der Waals surface area contributed by atoms with Crippen LogP contribution in [-0.2, 0) is 11.2 Å². The topological polar surface area (TPSA) is 55.3 Å². The van der Waals surface area contributed by atoms with E-state index in [0.717, 1.165) is 21.6 Å². The summed E-state index contributed by atoms with van der Waals surface area (Å²) in [5.74, 6) is -0.0710. The molecule has 0 unspecified atom stereocenters. The van der Waals surface area contributed by atoms with E-state index in [1.54, 1.807) is 18.2 Å². The molecule has 0 N–H and O–H groups in total. The molecule has 0 radical (unpaired) electrons. The number of anilines is 1. The Labute approximate surface area is 142 Å². The van der Waals surface area contributed by atoms with E-state index in [1.807, 2.05) is 31.2 Å². The van der Waals surface area contributed by atoms with Crippen molar-refractivity contribution in [1.82, 2.24) is 9.97 Å². The van der Waals surface area contributed by atoms with Gasteiger partial charge in [0, 0.05) is 7.11 Å². The number of fused-ring (bicyclic) bond motifs is 1. The van der Waals surface area contributed by atoms with Crippen molar-refractivity contribution < 1.29 is 9.53 Å². The second kappa shape index (κ2) is 7.16. The predicted octanol–water partition coefficient (Wildman–Crippen LogP) is 3.61. The molecule has 0 fully saturated rings. The van der Waals surface area contributed by atoms with Crippen LogP contribution in [0.4, 0.5) is 5.13 Å². The summed E-state index contributed by atoms with van der Waals surface area (Å²) >= 11 is 2.95. The number of rotatable bonds is 6. The van der Waals surface area contributed by atoms with Gasteiger partial charge >= 0.3 is 0 Å². The molecule has 2 heterocycles. The molecule has 3 aromatic rings. The van der Waals surface area contributed by atoms with Gasteiger partial charge in [0.05, 0.1) is 34.6 Å². The van der Waals surface area contributed by atoms with E-state index in [4.69, 9.17) is 4.74 Å². The number of benzene rings is 1. The minimum absolute atomic E-state index is 0.0710. The summed E-state index contributed by atoms with van der Waals surface area (Å²) in [5, 5.41) is 1.66. The molecule has 1 aromatic carbocycles. The molecular weight excluding hydrogens is 330 g/mol. The summed E-state index contributed by atoms with van der Waals surface area (Å²) in [5.41, 5.74) is 0.904. The van der Waals surface area contributed by atoms with E-state index >= 15 is 0 Å². The molecule has 0 atom stereocenters. The van der Waals surface area contributed by atoms with Crippen molar-refractivity contribution in [3.8, 4) is 0 Å². The number of aryl methyl sites for hydroxylation is 1. The Kier molecular flexibility index (Phi) is 5.00. The first kappa shape index (κ1) is 16.0. The highest BCUT2D eigenvalue weighted by Gasteiger charge is 2.22. The van der Waals surface area contributed by atoms with E-state index in [1.165, 1.54) is 22.7 Å². The Morgan fingerprint density at radius 2 is 2.13 bits per heavy atom. The van der Waals surface area contributed by atoms with Crippen molar-refractivity contribution in [2.24, 2.45) is 0 Å². The van der Waals surface area contributed by atoms with Crippen molar-refractivity contribution in [3.05, 3.63) is 40.3 Å². The molecular formula is C16H17N3O2S2. The summed E-state index contributed by atoms with van der Waals surface area (Å²) in [4.78, 5) is 24.1. The average Bonchev–Trinajstić information content (AvgIpc) is 3.21. The fraction of sp³-hybridized carbons (Fsp3) is 0.312. The van der Waals surface area contributed by atoms with Crippen molar-refractivity contribution in [2.45, 2.75) is 13.3 Å². The maximum absolute atomic E-state index is 12.9. The van der Waals surface area contributed by atoms with Gasteiger partial charge in [0.25, 0.3) is 5.91 Å². The SMILES string of the molecule is CCc1ncc(C(=O)N(CCOC)c2nc3ccccc3s2)s1. The second-order valence-corrected chi connectivity index (χ2v) is 7.01. The third-order valence-electron chi connectivity index (χ3n) is 3.34. The van der Waals surface area contributed by atoms with Gasteiger partial charge in [-0.2, -0.15) is 0 Å². The van der Waals surface area contributed by atoms with Gasteiger partial charge < -0.3 is 4.74 Å². The van der Waals surface area contributed by atoms with Gasteiger partial charge in [-0.05, 0) is 18.6 Å². The molecule has 0 aliphatic carbocycles. The molecule has 0 saturated heterocycles. The summed E-state index contributed by atoms with van der Waals surface area (Å²) in [7, 11) is 1.63. The Morgan fingerprint density at radius 3 is 2.83 bits per heavy atom. The maximum atomic E-state index is 12.9. The van der Waals surface area contributed by atoms with Crippen LogP contribution in [0.1, 0.15) is 21.6 Å². The van der Waals surface area contributed by atoms with E-state index < -0.39 is 0 Å². The van der Waals surface area contributed by atoms with Crippen LogP contribution in [0.5, 0.6) is 0 Å². The number of nitrogens with zero attached hydrogens (tertiary/aromatic N) is 3. The molecule has 2 aromatic heterocycles. The van der Waals surface area contributed by atoms with Gasteiger partial charge in [0.15, 0.2) is 5.13 Å². The Morgan fingerprint density at radius 1 is 1.30 bits per heavy atom. The largest absolute Gasteiger partial charge is 0.383 e. The van der Waals surface area contributed by atoms with Crippen LogP contribution in [0.2, 0.25) is 0 Å². The number of hydrogen-bond donors (Lipinski definition) is 0. The molecule has 3 rings (SSSR count). The number of para-hydroxylation sites is 1. The monoisotopic (exact) mass is 347 g/mol. The van der Waals surface area contributed by atoms with Crippen LogP contribution in [0.3, 0.4) is 0 Å². The van der Waals surface area contributed by atoms with Crippen molar-refractivity contribution in [3.63, 3.8) is 0 Å². The van der Waals surface area contributed by atoms with E-state index in [9.17, 15) is 4.79 Å². The number of carbonyl (C=O) groups is 1. The number of thiazole rings is 2. The molecule has 23 heavy (non-hydrogen) atoms. The Hall–Kier alpha value is -1.83. The molecule has 0 saturated carbocycles. The summed E-state index contributed by atoms with van der Waals surface area (Å²) < 4.78 is 6.22. The zero-order valence-electron chi connectivity index (χ0n) is 13.0. The summed E-state index contributed by atoms with van der Waals surface area (Å²) in [6.45, 7) is 2.96. The third kappa shape index (κ3) is 3.41. The molecule has 1 amide bonds. The van der Waals surface area contributed by atoms with Crippen LogP contribution in [0, 0.1) is 0 Å². The van der Waals surface area contributed by atoms with Crippen LogP contribution in [0.15, 0.2) is 30.5 Å². The van der Waals surface area contributed by atoms with Gasteiger partial charge in [-0.25, -0.2) is 9.97 Å². The van der Waals surface area contributed by atoms with E-state index in [-0.39, 0.29) is 5.91 Å². The van der Waals surface area contributed by atoms with Gasteiger partial charge in [-0.15, -0.1) is 11.3 Å². The quantitative estimate of drug-likeness (QED) is 0.683. The van der Waals surface area contributed by atoms with Gasteiger partial charge in [-0.1, -0.05) is 30.4 Å². The standard InChI is InChI=1S/C16H17N3O2S2/c1-3-14-17-10-13(22-14)15(20)19(8-9-21-2)16-18-11-6-4-5-7-12(11)23-16/h4-7,10H,3,8-9H2,1-2H3. The molecule has 0 aliphatic heterocycles. The number of hydrogen-bond acceptors (Lipinski definition) is 6. The van der Waals surface area contributed by atoms with E-state index in [2.05, 4.69) is 9.97 Å². The number of carbonyl (C=O) groups excluding carboxylic acids is 1. The fourth-order valence-corrected chi connectivity index (χ4v) is 3.94. The number of aromatic nitrogens is 2. The van der Waals surface area contributed by atoms with Crippen molar-refractivity contribution in [1.29, 1.82) is 0 Å². The molecule has 5 nitrogen and oxygen atoms in total. The van der Waals surface area contributed by atoms with Crippen molar-refractivity contribution in [2.75, 3.05) is 25.2 Å². The first-order valence-electron chi connectivity index (χ1n) is 7.34. The summed E-state index contributed by atoms with van der Waals surface area (Å²) in [6.07, 6.45) is 2.48. The fourth-order valence-electron chi connectivity index (χ4n) is 2.15. The lowest BCUT2D eigenvalue weighted by Gasteiger charge is -2.18. The zero-order valence-corrected chi connectivity index (χ0v) is 14.6. The highest BCUT2D eigenvalue weighted by Crippen LogP contribution is 2.30. The second-order valence-electron chi connectivity index (χ2n) is 4.89. The predicted molar refractivity (Wildman–Crippen MR) is 94.7 cm³/mol. The number of amides is 1. The van der Waals surface area contributed by atoms with Gasteiger partial charge in [0.1, 0.15) is 4.88 Å². The number of ether oxygens (including phenoxy) is 1. The molecule has 0 aliphatic rings. The first-order chi connectivity index (χ1) is 11.2. The first-order valence-corrected chi connectivity index (χ1v) is 8.97. The molecule has 0 bridgehead atoms. The van der Waals surface area contributed by atoms with Crippen LogP contribution >= 0.6 is 22.7 Å². The van der Waals surface area contributed by atoms with Crippen LogP contribution in [0.25, 0.3) is 10.2 Å². The maximum Gasteiger partial charge on any atom is 0.271 e. The van der Waals surface area contributed by atoms with Crippen LogP contribution < -0.4 is 4.90 Å². The van der Waals surface area contributed by atoms with Crippen molar-refractivity contribution >= 4 is 43.9 Å². The Bertz CT molecular complexity index is 779. The normalized spacial score (nSPS) is 11.0. The minimum atomic E-state index is -0.0710. The smallest absolute Gasteiger partial charge is 0.271 e. The molecule has 7 heteroatoms. The van der Waals surface area contributed by atoms with E-state index in [0.29, 0.717) is 23.2 Å². The third-order valence-corrected chi connectivity index (χ3v) is 5.53. The zero-order chi connectivity index (χ0) is 16.2. The summed E-state index contributed by atoms with van der Waals surface area (Å²) in [6, 6.07) is 7.89. The highest BCUT2D eigenvalue weighted by molar-refractivity contribution is 7.22. The van der Waals surface area contributed by atoms with Crippen LogP contribution in [-0.4, -0.2) is 36.1 Å². The lowest BCUT2D eigenvalue weighted by molar-refractivity contribution is 0.0979. The molecule has 120 valence electrons. The minimum Gasteiger partial charge on any atom is -0.383 e. The number of methoxy groups -OCH3 is 1.